The van der Waals surface area contributed by atoms with E-state index in [1.54, 1.807) is 6.20 Å². The first-order valence-corrected chi connectivity index (χ1v) is 6.22. The van der Waals surface area contributed by atoms with Crippen molar-refractivity contribution >= 4 is 10.9 Å². The van der Waals surface area contributed by atoms with E-state index in [0.29, 0.717) is 11.8 Å². The number of hydrogen-bond acceptors (Lipinski definition) is 5. The summed E-state index contributed by atoms with van der Waals surface area (Å²) in [6.45, 7) is 1.98. The Morgan fingerprint density at radius 3 is 2.89 bits per heavy atom. The summed E-state index contributed by atoms with van der Waals surface area (Å²) in [5.41, 5.74) is 7.67. The van der Waals surface area contributed by atoms with E-state index in [1.807, 2.05) is 37.3 Å². The SMILES string of the molecule is CCC(N)c1nnc(-c2ccnc3ccccc23)o1. The zero-order valence-electron chi connectivity index (χ0n) is 10.6. The van der Waals surface area contributed by atoms with Crippen molar-refractivity contribution < 1.29 is 4.42 Å². The molecular weight excluding hydrogens is 240 g/mol. The van der Waals surface area contributed by atoms with Crippen LogP contribution in [0.25, 0.3) is 22.4 Å². The molecule has 2 N–H and O–H groups in total. The molecule has 0 amide bonds. The summed E-state index contributed by atoms with van der Waals surface area (Å²) in [6, 6.07) is 9.51. The highest BCUT2D eigenvalue weighted by Crippen LogP contribution is 2.27. The lowest BCUT2D eigenvalue weighted by Crippen LogP contribution is -2.08. The van der Waals surface area contributed by atoms with Crippen LogP contribution in [0, 0.1) is 0 Å². The van der Waals surface area contributed by atoms with Crippen molar-refractivity contribution in [2.45, 2.75) is 19.4 Å². The fourth-order valence-electron chi connectivity index (χ4n) is 1.95. The normalized spacial score (nSPS) is 12.7. The van der Waals surface area contributed by atoms with Gasteiger partial charge in [0, 0.05) is 17.1 Å². The van der Waals surface area contributed by atoms with E-state index in [-0.39, 0.29) is 6.04 Å². The van der Waals surface area contributed by atoms with Crippen LogP contribution in [0.2, 0.25) is 0 Å². The van der Waals surface area contributed by atoms with Crippen LogP contribution in [0.15, 0.2) is 40.9 Å². The lowest BCUT2D eigenvalue weighted by molar-refractivity contribution is 0.453. The molecule has 1 unspecified atom stereocenters. The average molecular weight is 254 g/mol. The number of para-hydroxylation sites is 1. The first-order chi connectivity index (χ1) is 9.29. The second-order valence-electron chi connectivity index (χ2n) is 4.34. The second kappa shape index (κ2) is 4.78. The van der Waals surface area contributed by atoms with Gasteiger partial charge in [-0.2, -0.15) is 0 Å². The number of nitrogens with zero attached hydrogens (tertiary/aromatic N) is 3. The van der Waals surface area contributed by atoms with E-state index >= 15 is 0 Å². The van der Waals surface area contributed by atoms with Crippen molar-refractivity contribution in [2.75, 3.05) is 0 Å². The molecule has 0 aliphatic rings. The summed E-state index contributed by atoms with van der Waals surface area (Å²) < 4.78 is 5.66. The van der Waals surface area contributed by atoms with Crippen molar-refractivity contribution in [1.82, 2.24) is 15.2 Å². The van der Waals surface area contributed by atoms with Gasteiger partial charge in [0.05, 0.1) is 11.6 Å². The fraction of sp³-hybridized carbons (Fsp3) is 0.214. The minimum Gasteiger partial charge on any atom is -0.419 e. The highest BCUT2D eigenvalue weighted by molar-refractivity contribution is 5.91. The molecule has 0 spiro atoms. The Balaban J connectivity index is 2.12. The summed E-state index contributed by atoms with van der Waals surface area (Å²) in [5.74, 6) is 0.955. The van der Waals surface area contributed by atoms with E-state index in [9.17, 15) is 0 Å². The van der Waals surface area contributed by atoms with Crippen molar-refractivity contribution in [3.63, 3.8) is 0 Å². The van der Waals surface area contributed by atoms with Crippen molar-refractivity contribution in [1.29, 1.82) is 0 Å². The Kier molecular flexibility index (Phi) is 2.97. The summed E-state index contributed by atoms with van der Waals surface area (Å²) in [5, 5.41) is 9.08. The van der Waals surface area contributed by atoms with Crippen LogP contribution in [-0.2, 0) is 0 Å². The van der Waals surface area contributed by atoms with Gasteiger partial charge in [0.1, 0.15) is 0 Å². The fourth-order valence-corrected chi connectivity index (χ4v) is 1.95. The number of fused-ring (bicyclic) bond motifs is 1. The van der Waals surface area contributed by atoms with Crippen LogP contribution in [0.3, 0.4) is 0 Å². The molecule has 5 heteroatoms. The van der Waals surface area contributed by atoms with Crippen molar-refractivity contribution in [3.8, 4) is 11.5 Å². The standard InChI is InChI=1S/C14H14N4O/c1-2-11(15)14-18-17-13(19-14)10-7-8-16-12-6-4-3-5-9(10)12/h3-8,11H,2,15H2,1H3. The summed E-state index contributed by atoms with van der Waals surface area (Å²) >= 11 is 0. The molecule has 0 aliphatic carbocycles. The highest BCUT2D eigenvalue weighted by Gasteiger charge is 2.15. The molecule has 2 heterocycles. The minimum absolute atomic E-state index is 0.214. The number of rotatable bonds is 3. The molecule has 0 radical (unpaired) electrons. The average Bonchev–Trinajstić information content (AvgIpc) is 2.95. The third-order valence-corrected chi connectivity index (χ3v) is 3.08. The van der Waals surface area contributed by atoms with Gasteiger partial charge in [-0.15, -0.1) is 10.2 Å². The molecule has 3 rings (SSSR count). The molecular formula is C14H14N4O. The van der Waals surface area contributed by atoms with Crippen LogP contribution < -0.4 is 5.73 Å². The molecule has 96 valence electrons. The zero-order chi connectivity index (χ0) is 13.2. The maximum Gasteiger partial charge on any atom is 0.248 e. The monoisotopic (exact) mass is 254 g/mol. The molecule has 5 nitrogen and oxygen atoms in total. The Morgan fingerprint density at radius 2 is 2.05 bits per heavy atom. The molecule has 1 aromatic carbocycles. The quantitative estimate of drug-likeness (QED) is 0.777. The van der Waals surface area contributed by atoms with Crippen LogP contribution in [-0.4, -0.2) is 15.2 Å². The van der Waals surface area contributed by atoms with Crippen LogP contribution in [0.5, 0.6) is 0 Å². The van der Waals surface area contributed by atoms with Crippen LogP contribution >= 0.6 is 0 Å². The smallest absolute Gasteiger partial charge is 0.248 e. The number of benzene rings is 1. The molecule has 19 heavy (non-hydrogen) atoms. The maximum absolute atomic E-state index is 5.89. The first kappa shape index (κ1) is 11.8. The summed E-state index contributed by atoms with van der Waals surface area (Å²) in [4.78, 5) is 4.31. The predicted molar refractivity (Wildman–Crippen MR) is 72.3 cm³/mol. The Bertz CT molecular complexity index is 702. The minimum atomic E-state index is -0.214. The Morgan fingerprint density at radius 1 is 1.21 bits per heavy atom. The number of aromatic nitrogens is 3. The van der Waals surface area contributed by atoms with Gasteiger partial charge in [0.2, 0.25) is 11.8 Å². The lowest BCUT2D eigenvalue weighted by Gasteiger charge is -2.02. The van der Waals surface area contributed by atoms with Crippen LogP contribution in [0.4, 0.5) is 0 Å². The lowest BCUT2D eigenvalue weighted by atomic mass is 10.1. The number of hydrogen-bond donors (Lipinski definition) is 1. The van der Waals surface area contributed by atoms with E-state index in [2.05, 4.69) is 15.2 Å². The summed E-state index contributed by atoms with van der Waals surface area (Å²) in [6.07, 6.45) is 2.50. The first-order valence-electron chi connectivity index (χ1n) is 6.22. The molecule has 1 atom stereocenters. The van der Waals surface area contributed by atoms with Gasteiger partial charge >= 0.3 is 0 Å². The van der Waals surface area contributed by atoms with Gasteiger partial charge in [-0.05, 0) is 18.6 Å². The van der Waals surface area contributed by atoms with Gasteiger partial charge in [-0.25, -0.2) is 0 Å². The topological polar surface area (TPSA) is 77.8 Å². The number of pyridine rings is 1. The van der Waals surface area contributed by atoms with Crippen molar-refractivity contribution in [2.24, 2.45) is 5.73 Å². The van der Waals surface area contributed by atoms with Crippen LogP contribution in [0.1, 0.15) is 25.3 Å². The summed E-state index contributed by atoms with van der Waals surface area (Å²) in [7, 11) is 0. The van der Waals surface area contributed by atoms with E-state index < -0.39 is 0 Å². The Labute approximate surface area is 110 Å². The van der Waals surface area contributed by atoms with Gasteiger partial charge in [-0.3, -0.25) is 4.98 Å². The Hall–Kier alpha value is -2.27. The van der Waals surface area contributed by atoms with Crippen molar-refractivity contribution in [3.05, 3.63) is 42.4 Å². The molecule has 2 aromatic heterocycles. The van der Waals surface area contributed by atoms with E-state index in [4.69, 9.17) is 10.2 Å². The predicted octanol–water partition coefficient (Wildman–Crippen LogP) is 2.69. The molecule has 0 saturated carbocycles. The van der Waals surface area contributed by atoms with Gasteiger partial charge in [0.15, 0.2) is 0 Å². The van der Waals surface area contributed by atoms with E-state index in [1.165, 1.54) is 0 Å². The third kappa shape index (κ3) is 2.08. The second-order valence-corrected chi connectivity index (χ2v) is 4.34. The molecule has 0 bridgehead atoms. The molecule has 0 aliphatic heterocycles. The van der Waals surface area contributed by atoms with Gasteiger partial charge in [-0.1, -0.05) is 25.1 Å². The molecule has 0 fully saturated rings. The number of nitrogens with two attached hydrogens (primary N) is 1. The maximum atomic E-state index is 5.89. The third-order valence-electron chi connectivity index (χ3n) is 3.08. The van der Waals surface area contributed by atoms with E-state index in [0.717, 1.165) is 22.9 Å². The van der Waals surface area contributed by atoms with Gasteiger partial charge in [0.25, 0.3) is 0 Å². The molecule has 0 saturated heterocycles. The largest absolute Gasteiger partial charge is 0.419 e. The highest BCUT2D eigenvalue weighted by atomic mass is 16.4. The molecule has 3 aromatic rings. The van der Waals surface area contributed by atoms with Gasteiger partial charge < -0.3 is 10.2 Å². The zero-order valence-corrected chi connectivity index (χ0v) is 10.6.